The molecule has 2 aromatic rings. The van der Waals surface area contributed by atoms with Crippen molar-refractivity contribution in [2.45, 2.75) is 13.8 Å². The van der Waals surface area contributed by atoms with E-state index >= 15 is 0 Å². The molecule has 0 spiro atoms. The molecule has 0 unspecified atom stereocenters. The van der Waals surface area contributed by atoms with Gasteiger partial charge in [-0.25, -0.2) is 5.43 Å². The second-order valence-electron chi connectivity index (χ2n) is 4.71. The summed E-state index contributed by atoms with van der Waals surface area (Å²) in [5.74, 6) is 0.297. The number of hydrazone groups is 1. The molecule has 0 aliphatic carbocycles. The predicted octanol–water partition coefficient (Wildman–Crippen LogP) is 3.96. The topological polar surface area (TPSA) is 54.6 Å². The molecule has 0 radical (unpaired) electrons. The van der Waals surface area contributed by atoms with Gasteiger partial charge in [-0.05, 0) is 31.6 Å². The van der Waals surface area contributed by atoms with Gasteiger partial charge in [-0.15, -0.1) is 0 Å². The Kier molecular flexibility index (Phi) is 5.49. The molecule has 0 saturated carbocycles. The first kappa shape index (κ1) is 15.5. The molecule has 1 aromatic carbocycles. The van der Waals surface area contributed by atoms with E-state index < -0.39 is 0 Å². The summed E-state index contributed by atoms with van der Waals surface area (Å²) in [5, 5.41) is 4.02. The summed E-state index contributed by atoms with van der Waals surface area (Å²) in [4.78, 5) is 11.8. The van der Waals surface area contributed by atoms with Crippen molar-refractivity contribution in [3.05, 3.63) is 77.8 Å². The van der Waals surface area contributed by atoms with Crippen LogP contribution in [0.2, 0.25) is 0 Å². The van der Waals surface area contributed by atoms with Crippen LogP contribution in [0.3, 0.4) is 0 Å². The van der Waals surface area contributed by atoms with Gasteiger partial charge >= 0.3 is 0 Å². The molecular weight excluding hydrogens is 276 g/mol. The zero-order valence-electron chi connectivity index (χ0n) is 12.6. The third-order valence-electron chi connectivity index (χ3n) is 2.97. The van der Waals surface area contributed by atoms with Crippen molar-refractivity contribution < 1.29 is 9.21 Å². The van der Waals surface area contributed by atoms with Gasteiger partial charge in [0.2, 0.25) is 0 Å². The van der Waals surface area contributed by atoms with Crippen molar-refractivity contribution >= 4 is 17.7 Å². The Balaban J connectivity index is 1.87. The van der Waals surface area contributed by atoms with Gasteiger partial charge in [-0.2, -0.15) is 5.10 Å². The smallest absolute Gasteiger partial charge is 0.274 e. The quantitative estimate of drug-likeness (QED) is 0.515. The zero-order chi connectivity index (χ0) is 15.8. The van der Waals surface area contributed by atoms with Crippen LogP contribution in [-0.2, 0) is 0 Å². The third kappa shape index (κ3) is 4.59. The van der Waals surface area contributed by atoms with Crippen LogP contribution in [0.1, 0.15) is 28.6 Å². The SMILES string of the molecule is CC(/C=C/C=C/c1ccccc1)=N\NC(=O)c1ccoc1C. The summed E-state index contributed by atoms with van der Waals surface area (Å²) in [6.45, 7) is 3.55. The average molecular weight is 294 g/mol. The molecule has 0 atom stereocenters. The summed E-state index contributed by atoms with van der Waals surface area (Å²) in [5.41, 5.74) is 4.82. The maximum atomic E-state index is 11.8. The molecule has 0 fully saturated rings. The fourth-order valence-corrected chi connectivity index (χ4v) is 1.78. The molecule has 0 aliphatic heterocycles. The molecule has 112 valence electrons. The standard InChI is InChI=1S/C18H18N2O2/c1-14(8-6-7-11-16-9-4-3-5-10-16)19-20-18(21)17-12-13-22-15(17)2/h3-13H,1-2H3,(H,20,21)/b8-6+,11-7+,19-14+. The number of rotatable bonds is 5. The molecule has 1 aromatic heterocycles. The van der Waals surface area contributed by atoms with Crippen molar-refractivity contribution in [3.8, 4) is 0 Å². The van der Waals surface area contributed by atoms with E-state index in [9.17, 15) is 4.79 Å². The largest absolute Gasteiger partial charge is 0.469 e. The first-order chi connectivity index (χ1) is 10.7. The summed E-state index contributed by atoms with van der Waals surface area (Å²) in [6.07, 6.45) is 9.10. The van der Waals surface area contributed by atoms with Crippen LogP contribution in [0.5, 0.6) is 0 Å². The number of hydrogen-bond donors (Lipinski definition) is 1. The van der Waals surface area contributed by atoms with E-state index in [4.69, 9.17) is 4.42 Å². The Morgan fingerprint density at radius 1 is 1.18 bits per heavy atom. The first-order valence-electron chi connectivity index (χ1n) is 6.95. The summed E-state index contributed by atoms with van der Waals surface area (Å²) >= 11 is 0. The number of nitrogens with one attached hydrogen (secondary N) is 1. The third-order valence-corrected chi connectivity index (χ3v) is 2.97. The Morgan fingerprint density at radius 3 is 2.64 bits per heavy atom. The molecule has 0 saturated heterocycles. The van der Waals surface area contributed by atoms with Crippen LogP contribution in [-0.4, -0.2) is 11.6 Å². The molecule has 0 aliphatic rings. The number of nitrogens with zero attached hydrogens (tertiary/aromatic N) is 1. The number of carbonyl (C=O) groups is 1. The molecule has 4 heteroatoms. The van der Waals surface area contributed by atoms with Gasteiger partial charge < -0.3 is 4.42 Å². The van der Waals surface area contributed by atoms with E-state index in [-0.39, 0.29) is 5.91 Å². The Labute approximate surface area is 129 Å². The number of allylic oxidation sites excluding steroid dienone is 3. The molecule has 2 rings (SSSR count). The second kappa shape index (κ2) is 7.78. The second-order valence-corrected chi connectivity index (χ2v) is 4.71. The maximum Gasteiger partial charge on any atom is 0.274 e. The zero-order valence-corrected chi connectivity index (χ0v) is 12.6. The van der Waals surface area contributed by atoms with Gasteiger partial charge in [0.25, 0.3) is 5.91 Å². The first-order valence-corrected chi connectivity index (χ1v) is 6.95. The van der Waals surface area contributed by atoms with Crippen LogP contribution in [0.25, 0.3) is 6.08 Å². The molecule has 0 bridgehead atoms. The van der Waals surface area contributed by atoms with Crippen molar-refractivity contribution in [2.24, 2.45) is 5.10 Å². The van der Waals surface area contributed by atoms with E-state index in [1.807, 2.05) is 61.6 Å². The lowest BCUT2D eigenvalue weighted by Gasteiger charge is -1.98. The monoisotopic (exact) mass is 294 g/mol. The minimum atomic E-state index is -0.279. The normalized spacial score (nSPS) is 12.2. The highest BCUT2D eigenvalue weighted by Gasteiger charge is 2.09. The highest BCUT2D eigenvalue weighted by molar-refractivity contribution is 5.98. The summed E-state index contributed by atoms with van der Waals surface area (Å²) in [6, 6.07) is 11.6. The molecule has 1 heterocycles. The highest BCUT2D eigenvalue weighted by Crippen LogP contribution is 2.07. The lowest BCUT2D eigenvalue weighted by Crippen LogP contribution is -2.18. The van der Waals surface area contributed by atoms with Gasteiger partial charge in [0.15, 0.2) is 0 Å². The lowest BCUT2D eigenvalue weighted by molar-refractivity contribution is 0.0953. The number of amides is 1. The van der Waals surface area contributed by atoms with E-state index in [0.717, 1.165) is 5.56 Å². The van der Waals surface area contributed by atoms with Crippen molar-refractivity contribution in [1.29, 1.82) is 0 Å². The van der Waals surface area contributed by atoms with Crippen LogP contribution >= 0.6 is 0 Å². The van der Waals surface area contributed by atoms with Crippen molar-refractivity contribution in [3.63, 3.8) is 0 Å². The summed E-state index contributed by atoms with van der Waals surface area (Å²) < 4.78 is 5.08. The van der Waals surface area contributed by atoms with Crippen LogP contribution in [0.15, 0.2) is 70.4 Å². The molecule has 4 nitrogen and oxygen atoms in total. The highest BCUT2D eigenvalue weighted by atomic mass is 16.3. The lowest BCUT2D eigenvalue weighted by atomic mass is 10.2. The van der Waals surface area contributed by atoms with Gasteiger partial charge in [0.1, 0.15) is 5.76 Å². The number of carbonyl (C=O) groups excluding carboxylic acids is 1. The Morgan fingerprint density at radius 2 is 1.95 bits per heavy atom. The van der Waals surface area contributed by atoms with E-state index in [1.54, 1.807) is 13.0 Å². The number of benzene rings is 1. The van der Waals surface area contributed by atoms with Gasteiger partial charge in [0, 0.05) is 0 Å². The molecule has 1 amide bonds. The molecule has 1 N–H and O–H groups in total. The van der Waals surface area contributed by atoms with Crippen LogP contribution in [0.4, 0.5) is 0 Å². The minimum Gasteiger partial charge on any atom is -0.469 e. The molecule has 22 heavy (non-hydrogen) atoms. The fourth-order valence-electron chi connectivity index (χ4n) is 1.78. The number of aryl methyl sites for hydroxylation is 1. The number of furan rings is 1. The molecular formula is C18H18N2O2. The fraction of sp³-hybridized carbons (Fsp3) is 0.111. The van der Waals surface area contributed by atoms with Crippen LogP contribution < -0.4 is 5.43 Å². The van der Waals surface area contributed by atoms with E-state index in [0.29, 0.717) is 17.0 Å². The van der Waals surface area contributed by atoms with Crippen LogP contribution in [0, 0.1) is 6.92 Å². The van der Waals surface area contributed by atoms with Gasteiger partial charge in [-0.3, -0.25) is 4.79 Å². The van der Waals surface area contributed by atoms with Crippen molar-refractivity contribution in [2.75, 3.05) is 0 Å². The number of hydrogen-bond acceptors (Lipinski definition) is 3. The van der Waals surface area contributed by atoms with E-state index in [2.05, 4.69) is 10.5 Å². The Hall–Kier alpha value is -2.88. The summed E-state index contributed by atoms with van der Waals surface area (Å²) in [7, 11) is 0. The van der Waals surface area contributed by atoms with Crippen molar-refractivity contribution in [1.82, 2.24) is 5.43 Å². The van der Waals surface area contributed by atoms with Gasteiger partial charge in [-0.1, -0.05) is 48.6 Å². The van der Waals surface area contributed by atoms with E-state index in [1.165, 1.54) is 6.26 Å². The maximum absolute atomic E-state index is 11.8. The predicted molar refractivity (Wildman–Crippen MR) is 88.6 cm³/mol. The van der Waals surface area contributed by atoms with Gasteiger partial charge in [0.05, 0.1) is 17.5 Å². The average Bonchev–Trinajstić information content (AvgIpc) is 2.96. The minimum absolute atomic E-state index is 0.279. The Bertz CT molecular complexity index is 710.